The van der Waals surface area contributed by atoms with Crippen LogP contribution in [0.2, 0.25) is 0 Å². The third-order valence-electron chi connectivity index (χ3n) is 3.77. The van der Waals surface area contributed by atoms with Gasteiger partial charge in [-0.15, -0.1) is 11.3 Å². The molecule has 0 atom stereocenters. The monoisotopic (exact) mass is 406 g/mol. The molecule has 1 aromatic carbocycles. The van der Waals surface area contributed by atoms with Gasteiger partial charge in [-0.25, -0.2) is 9.78 Å². The number of benzene rings is 1. The van der Waals surface area contributed by atoms with E-state index >= 15 is 0 Å². The first-order valence-electron chi connectivity index (χ1n) is 8.08. The summed E-state index contributed by atoms with van der Waals surface area (Å²) in [5.74, 6) is 0.375. The molecular weight excluding hydrogens is 388 g/mol. The van der Waals surface area contributed by atoms with Crippen LogP contribution in [0.1, 0.15) is 32.5 Å². The summed E-state index contributed by atoms with van der Waals surface area (Å²) in [7, 11) is 3.05. The lowest BCUT2D eigenvalue weighted by Crippen LogP contribution is -2.12. The number of thiophene rings is 1. The van der Waals surface area contributed by atoms with Gasteiger partial charge in [-0.1, -0.05) is 11.3 Å². The zero-order chi connectivity index (χ0) is 19.6. The van der Waals surface area contributed by atoms with Gasteiger partial charge in [0.25, 0.3) is 5.91 Å². The maximum atomic E-state index is 12.6. The van der Waals surface area contributed by atoms with E-state index in [1.807, 2.05) is 6.92 Å². The number of nitrogens with zero attached hydrogens (tertiary/aromatic N) is 1. The third-order valence-corrected chi connectivity index (χ3v) is 6.16. The molecule has 0 spiro atoms. The first-order valence-corrected chi connectivity index (χ1v) is 9.71. The molecule has 0 radical (unpaired) electrons. The predicted molar refractivity (Wildman–Crippen MR) is 106 cm³/mol. The van der Waals surface area contributed by atoms with Crippen LogP contribution in [0.5, 0.6) is 11.5 Å². The fourth-order valence-corrected chi connectivity index (χ4v) is 4.65. The van der Waals surface area contributed by atoms with Crippen molar-refractivity contribution in [3.05, 3.63) is 34.2 Å². The molecule has 9 heteroatoms. The molecule has 1 amide bonds. The van der Waals surface area contributed by atoms with Gasteiger partial charge in [0, 0.05) is 11.6 Å². The highest BCUT2D eigenvalue weighted by Gasteiger charge is 2.21. The zero-order valence-electron chi connectivity index (χ0n) is 15.2. The Labute approximate surface area is 163 Å². The van der Waals surface area contributed by atoms with E-state index in [1.165, 1.54) is 36.9 Å². The Morgan fingerprint density at radius 3 is 2.33 bits per heavy atom. The van der Waals surface area contributed by atoms with E-state index in [9.17, 15) is 9.59 Å². The molecule has 0 bridgehead atoms. The highest BCUT2D eigenvalue weighted by atomic mass is 32.1. The lowest BCUT2D eigenvalue weighted by atomic mass is 10.2. The van der Waals surface area contributed by atoms with Gasteiger partial charge in [0.05, 0.1) is 25.5 Å². The molecule has 0 aliphatic carbocycles. The van der Waals surface area contributed by atoms with Crippen LogP contribution in [0.3, 0.4) is 0 Å². The number of thiazole rings is 1. The Morgan fingerprint density at radius 1 is 1.11 bits per heavy atom. The van der Waals surface area contributed by atoms with Crippen LogP contribution in [0, 0.1) is 6.92 Å². The van der Waals surface area contributed by atoms with E-state index in [0.717, 1.165) is 10.3 Å². The SMILES string of the molecule is CCOC(=O)c1sc2nc(NC(=O)c3cc(OC)cc(OC)c3)sc2c1C. The first kappa shape index (κ1) is 19.1. The van der Waals surface area contributed by atoms with Crippen molar-refractivity contribution < 1.29 is 23.8 Å². The van der Waals surface area contributed by atoms with Gasteiger partial charge in [0.2, 0.25) is 0 Å². The number of rotatable bonds is 6. The minimum atomic E-state index is -0.348. The number of anilines is 1. The van der Waals surface area contributed by atoms with Crippen molar-refractivity contribution >= 4 is 49.2 Å². The highest BCUT2D eigenvalue weighted by Crippen LogP contribution is 2.37. The normalized spacial score (nSPS) is 10.7. The fourth-order valence-electron chi connectivity index (χ4n) is 2.44. The summed E-state index contributed by atoms with van der Waals surface area (Å²) in [4.78, 5) is 30.2. The molecule has 142 valence electrons. The van der Waals surface area contributed by atoms with Gasteiger partial charge in [-0.3, -0.25) is 10.1 Å². The van der Waals surface area contributed by atoms with Gasteiger partial charge >= 0.3 is 5.97 Å². The predicted octanol–water partition coefficient (Wildman–Crippen LogP) is 4.11. The van der Waals surface area contributed by atoms with Gasteiger partial charge in [0.1, 0.15) is 21.2 Å². The molecule has 0 aliphatic heterocycles. The standard InChI is InChI=1S/C18H18N2O5S2/c1-5-25-17(22)14-9(2)13-16(26-14)20-18(27-13)19-15(21)10-6-11(23-3)8-12(7-10)24-4/h6-8H,5H2,1-4H3,(H,19,20,21). The van der Waals surface area contributed by atoms with Gasteiger partial charge in [-0.2, -0.15) is 0 Å². The van der Waals surface area contributed by atoms with Crippen molar-refractivity contribution in [1.29, 1.82) is 0 Å². The summed E-state index contributed by atoms with van der Waals surface area (Å²) in [6.07, 6.45) is 0. The Bertz CT molecular complexity index is 987. The zero-order valence-corrected chi connectivity index (χ0v) is 16.9. The van der Waals surface area contributed by atoms with Gasteiger partial charge < -0.3 is 14.2 Å². The number of hydrogen-bond acceptors (Lipinski definition) is 8. The molecule has 27 heavy (non-hydrogen) atoms. The van der Waals surface area contributed by atoms with Crippen LogP contribution in [-0.4, -0.2) is 37.7 Å². The lowest BCUT2D eigenvalue weighted by Gasteiger charge is -2.08. The Hall–Kier alpha value is -2.65. The average Bonchev–Trinajstić information content (AvgIpc) is 3.20. The molecule has 0 fully saturated rings. The van der Waals surface area contributed by atoms with E-state index in [1.54, 1.807) is 25.1 Å². The van der Waals surface area contributed by atoms with Crippen molar-refractivity contribution in [3.63, 3.8) is 0 Å². The summed E-state index contributed by atoms with van der Waals surface area (Å²) in [5, 5.41) is 3.25. The molecule has 0 saturated heterocycles. The second kappa shape index (κ2) is 7.93. The number of carbonyl (C=O) groups excluding carboxylic acids is 2. The van der Waals surface area contributed by atoms with Crippen LogP contribution >= 0.6 is 22.7 Å². The number of hydrogen-bond donors (Lipinski definition) is 1. The summed E-state index contributed by atoms with van der Waals surface area (Å²) in [6, 6.07) is 4.94. The molecule has 3 rings (SSSR count). The van der Waals surface area contributed by atoms with E-state index in [2.05, 4.69) is 10.3 Å². The molecule has 1 N–H and O–H groups in total. The van der Waals surface area contributed by atoms with Crippen LogP contribution in [0.15, 0.2) is 18.2 Å². The van der Waals surface area contributed by atoms with Crippen LogP contribution in [0.4, 0.5) is 5.13 Å². The number of esters is 1. The van der Waals surface area contributed by atoms with E-state index in [-0.39, 0.29) is 11.9 Å². The number of carbonyl (C=O) groups is 2. The molecule has 2 heterocycles. The number of aryl methyl sites for hydroxylation is 1. The minimum absolute atomic E-state index is 0.322. The van der Waals surface area contributed by atoms with Crippen molar-refractivity contribution in [3.8, 4) is 11.5 Å². The quantitative estimate of drug-likeness (QED) is 0.620. The summed E-state index contributed by atoms with van der Waals surface area (Å²) < 4.78 is 16.3. The molecule has 0 aliphatic rings. The Kier molecular flexibility index (Phi) is 5.62. The largest absolute Gasteiger partial charge is 0.497 e. The second-order valence-electron chi connectivity index (χ2n) is 5.49. The van der Waals surface area contributed by atoms with Crippen molar-refractivity contribution in [1.82, 2.24) is 4.98 Å². The van der Waals surface area contributed by atoms with Gasteiger partial charge in [0.15, 0.2) is 5.13 Å². The van der Waals surface area contributed by atoms with E-state index < -0.39 is 0 Å². The second-order valence-corrected chi connectivity index (χ2v) is 7.48. The molecule has 0 saturated carbocycles. The van der Waals surface area contributed by atoms with Crippen LogP contribution in [-0.2, 0) is 4.74 Å². The molecule has 0 unspecified atom stereocenters. The van der Waals surface area contributed by atoms with Crippen molar-refractivity contribution in [2.45, 2.75) is 13.8 Å². The van der Waals surface area contributed by atoms with Crippen LogP contribution in [0.25, 0.3) is 9.53 Å². The van der Waals surface area contributed by atoms with E-state index in [4.69, 9.17) is 14.2 Å². The molecule has 7 nitrogen and oxygen atoms in total. The fraction of sp³-hybridized carbons (Fsp3) is 0.278. The maximum absolute atomic E-state index is 12.6. The Balaban J connectivity index is 1.85. The van der Waals surface area contributed by atoms with Crippen LogP contribution < -0.4 is 14.8 Å². The summed E-state index contributed by atoms with van der Waals surface area (Å²) in [6.45, 7) is 3.94. The number of ether oxygens (including phenoxy) is 3. The maximum Gasteiger partial charge on any atom is 0.348 e. The summed E-state index contributed by atoms with van der Waals surface area (Å²) >= 11 is 2.58. The number of methoxy groups -OCH3 is 2. The Morgan fingerprint density at radius 2 is 1.78 bits per heavy atom. The minimum Gasteiger partial charge on any atom is -0.497 e. The average molecular weight is 406 g/mol. The molecular formula is C18H18N2O5S2. The summed E-state index contributed by atoms with van der Waals surface area (Å²) in [5.41, 5.74) is 1.21. The highest BCUT2D eigenvalue weighted by molar-refractivity contribution is 7.30. The smallest absolute Gasteiger partial charge is 0.348 e. The number of nitrogens with one attached hydrogen (secondary N) is 1. The van der Waals surface area contributed by atoms with Crippen molar-refractivity contribution in [2.24, 2.45) is 0 Å². The van der Waals surface area contributed by atoms with Gasteiger partial charge in [-0.05, 0) is 31.5 Å². The third kappa shape index (κ3) is 3.88. The molecule has 2 aromatic heterocycles. The molecule has 3 aromatic rings. The topological polar surface area (TPSA) is 86.8 Å². The lowest BCUT2D eigenvalue weighted by molar-refractivity contribution is 0.0531. The van der Waals surface area contributed by atoms with E-state index in [0.29, 0.717) is 38.5 Å². The van der Waals surface area contributed by atoms with Crippen molar-refractivity contribution in [2.75, 3.05) is 26.1 Å². The number of amides is 1. The number of fused-ring (bicyclic) bond motifs is 1. The first-order chi connectivity index (χ1) is 13.0. The number of aromatic nitrogens is 1.